The van der Waals surface area contributed by atoms with Crippen molar-refractivity contribution in [3.63, 3.8) is 0 Å². The fraction of sp³-hybridized carbons (Fsp3) is 0.200. The Balaban J connectivity index is 1.48. The molecule has 4 rings (SSSR count). The summed E-state index contributed by atoms with van der Waals surface area (Å²) in [5.41, 5.74) is 3.05. The van der Waals surface area contributed by atoms with E-state index in [0.717, 1.165) is 28.3 Å². The summed E-state index contributed by atoms with van der Waals surface area (Å²) >= 11 is 0. The van der Waals surface area contributed by atoms with Crippen LogP contribution in [0, 0.1) is 0 Å². The van der Waals surface area contributed by atoms with Crippen molar-refractivity contribution < 1.29 is 19.0 Å². The molecule has 1 aromatic heterocycles. The molecule has 0 saturated carbocycles. The Bertz CT molecular complexity index is 997. The second-order valence-corrected chi connectivity index (χ2v) is 6.14. The second kappa shape index (κ2) is 7.03. The number of methoxy groups -OCH3 is 1. The zero-order valence-corrected chi connectivity index (χ0v) is 15.1. The van der Waals surface area contributed by atoms with Crippen LogP contribution in [-0.2, 0) is 13.6 Å². The third kappa shape index (κ3) is 3.44. The molecular formula is C20H19N3O4. The second-order valence-electron chi connectivity index (χ2n) is 6.14. The minimum Gasteiger partial charge on any atom is -0.497 e. The third-order valence-electron chi connectivity index (χ3n) is 4.37. The molecule has 1 N–H and O–H groups in total. The summed E-state index contributed by atoms with van der Waals surface area (Å²) < 4.78 is 17.6. The van der Waals surface area contributed by atoms with E-state index in [4.69, 9.17) is 14.2 Å². The Labute approximate surface area is 156 Å². The SMILES string of the molecule is COc1cccc(-c2cc(C(=O)NCc3ccc4c(c3)OCO4)nn2C)c1. The predicted octanol–water partition coefficient (Wildman–Crippen LogP) is 2.75. The van der Waals surface area contributed by atoms with Gasteiger partial charge in [-0.3, -0.25) is 9.48 Å². The lowest BCUT2D eigenvalue weighted by molar-refractivity contribution is 0.0945. The van der Waals surface area contributed by atoms with Gasteiger partial charge in [0.1, 0.15) is 5.75 Å². The Hall–Kier alpha value is -3.48. The Morgan fingerprint density at radius 3 is 2.89 bits per heavy atom. The van der Waals surface area contributed by atoms with Gasteiger partial charge in [-0.2, -0.15) is 5.10 Å². The average molecular weight is 365 g/mol. The van der Waals surface area contributed by atoms with E-state index in [-0.39, 0.29) is 12.7 Å². The van der Waals surface area contributed by atoms with Gasteiger partial charge in [-0.05, 0) is 35.9 Å². The van der Waals surface area contributed by atoms with Crippen LogP contribution in [0.2, 0.25) is 0 Å². The lowest BCUT2D eigenvalue weighted by Gasteiger charge is -2.04. The summed E-state index contributed by atoms with van der Waals surface area (Å²) in [7, 11) is 3.43. The number of fused-ring (bicyclic) bond motifs is 1. The number of carbonyl (C=O) groups excluding carboxylic acids is 1. The molecule has 0 radical (unpaired) electrons. The number of carbonyl (C=O) groups is 1. The summed E-state index contributed by atoms with van der Waals surface area (Å²) in [6.45, 7) is 0.604. The van der Waals surface area contributed by atoms with Gasteiger partial charge in [0.15, 0.2) is 17.2 Å². The maximum Gasteiger partial charge on any atom is 0.272 e. The van der Waals surface area contributed by atoms with Crippen LogP contribution in [0.1, 0.15) is 16.1 Å². The highest BCUT2D eigenvalue weighted by atomic mass is 16.7. The Morgan fingerprint density at radius 2 is 2.04 bits per heavy atom. The molecule has 1 aliphatic rings. The van der Waals surface area contributed by atoms with Crippen LogP contribution in [0.5, 0.6) is 17.2 Å². The Kier molecular flexibility index (Phi) is 4.42. The van der Waals surface area contributed by atoms with E-state index in [1.165, 1.54) is 0 Å². The van der Waals surface area contributed by atoms with Crippen molar-refractivity contribution in [3.8, 4) is 28.5 Å². The highest BCUT2D eigenvalue weighted by Gasteiger charge is 2.16. The maximum atomic E-state index is 12.5. The van der Waals surface area contributed by atoms with Crippen molar-refractivity contribution in [1.82, 2.24) is 15.1 Å². The molecule has 7 heteroatoms. The number of amides is 1. The van der Waals surface area contributed by atoms with E-state index >= 15 is 0 Å². The summed E-state index contributed by atoms with van der Waals surface area (Å²) in [5, 5.41) is 7.22. The van der Waals surface area contributed by atoms with Gasteiger partial charge in [-0.15, -0.1) is 0 Å². The molecule has 0 bridgehead atoms. The predicted molar refractivity (Wildman–Crippen MR) is 98.9 cm³/mol. The third-order valence-corrected chi connectivity index (χ3v) is 4.37. The number of nitrogens with one attached hydrogen (secondary N) is 1. The number of benzene rings is 2. The van der Waals surface area contributed by atoms with Crippen molar-refractivity contribution in [3.05, 3.63) is 59.8 Å². The summed E-state index contributed by atoms with van der Waals surface area (Å²) in [6.07, 6.45) is 0. The quantitative estimate of drug-likeness (QED) is 0.753. The molecular weight excluding hydrogens is 346 g/mol. The zero-order chi connectivity index (χ0) is 18.8. The molecule has 0 spiro atoms. The Morgan fingerprint density at radius 1 is 1.19 bits per heavy atom. The van der Waals surface area contributed by atoms with Crippen molar-refractivity contribution in [2.75, 3.05) is 13.9 Å². The van der Waals surface area contributed by atoms with E-state index < -0.39 is 0 Å². The van der Waals surface area contributed by atoms with Crippen molar-refractivity contribution in [2.45, 2.75) is 6.54 Å². The van der Waals surface area contributed by atoms with Crippen LogP contribution in [-0.4, -0.2) is 29.6 Å². The van der Waals surface area contributed by atoms with Crippen LogP contribution in [0.3, 0.4) is 0 Å². The monoisotopic (exact) mass is 365 g/mol. The first kappa shape index (κ1) is 17.0. The molecule has 0 unspecified atom stereocenters. The normalized spacial score (nSPS) is 12.1. The van der Waals surface area contributed by atoms with Gasteiger partial charge in [-0.25, -0.2) is 0 Å². The number of aromatic nitrogens is 2. The number of rotatable bonds is 5. The highest BCUT2D eigenvalue weighted by molar-refractivity contribution is 5.93. The molecule has 0 fully saturated rings. The topological polar surface area (TPSA) is 74.6 Å². The first-order valence-corrected chi connectivity index (χ1v) is 8.49. The number of ether oxygens (including phenoxy) is 3. The lowest BCUT2D eigenvalue weighted by atomic mass is 10.1. The smallest absolute Gasteiger partial charge is 0.272 e. The number of hydrogen-bond acceptors (Lipinski definition) is 5. The fourth-order valence-electron chi connectivity index (χ4n) is 2.95. The minimum atomic E-state index is -0.239. The van der Waals surface area contributed by atoms with E-state index in [1.54, 1.807) is 17.9 Å². The lowest BCUT2D eigenvalue weighted by Crippen LogP contribution is -2.23. The van der Waals surface area contributed by atoms with Gasteiger partial charge in [0.05, 0.1) is 12.8 Å². The van der Waals surface area contributed by atoms with Gasteiger partial charge in [0, 0.05) is 19.2 Å². The van der Waals surface area contributed by atoms with Gasteiger partial charge in [-0.1, -0.05) is 18.2 Å². The van der Waals surface area contributed by atoms with Crippen LogP contribution < -0.4 is 19.5 Å². The van der Waals surface area contributed by atoms with Crippen LogP contribution in [0.4, 0.5) is 0 Å². The van der Waals surface area contributed by atoms with E-state index in [2.05, 4.69) is 10.4 Å². The fourth-order valence-corrected chi connectivity index (χ4v) is 2.95. The molecule has 0 saturated heterocycles. The summed E-state index contributed by atoms with van der Waals surface area (Å²) in [6, 6.07) is 15.0. The molecule has 7 nitrogen and oxygen atoms in total. The van der Waals surface area contributed by atoms with Crippen LogP contribution in [0.25, 0.3) is 11.3 Å². The first-order chi connectivity index (χ1) is 13.1. The van der Waals surface area contributed by atoms with Crippen molar-refractivity contribution in [2.24, 2.45) is 7.05 Å². The van der Waals surface area contributed by atoms with Gasteiger partial charge >= 0.3 is 0 Å². The number of hydrogen-bond donors (Lipinski definition) is 1. The molecule has 2 aromatic carbocycles. The van der Waals surface area contributed by atoms with E-state index in [0.29, 0.717) is 18.0 Å². The molecule has 1 amide bonds. The van der Waals surface area contributed by atoms with Gasteiger partial charge in [0.2, 0.25) is 6.79 Å². The summed E-state index contributed by atoms with van der Waals surface area (Å²) in [5.74, 6) is 1.93. The minimum absolute atomic E-state index is 0.228. The largest absolute Gasteiger partial charge is 0.497 e. The van der Waals surface area contributed by atoms with Gasteiger partial charge < -0.3 is 19.5 Å². The maximum absolute atomic E-state index is 12.5. The molecule has 0 atom stereocenters. The van der Waals surface area contributed by atoms with Crippen molar-refractivity contribution in [1.29, 1.82) is 0 Å². The molecule has 0 aliphatic carbocycles. The number of nitrogens with zero attached hydrogens (tertiary/aromatic N) is 2. The molecule has 2 heterocycles. The highest BCUT2D eigenvalue weighted by Crippen LogP contribution is 2.32. The van der Waals surface area contributed by atoms with Crippen LogP contribution >= 0.6 is 0 Å². The zero-order valence-electron chi connectivity index (χ0n) is 15.1. The van der Waals surface area contributed by atoms with E-state index in [1.807, 2.05) is 49.5 Å². The van der Waals surface area contributed by atoms with Crippen molar-refractivity contribution >= 4 is 5.91 Å². The first-order valence-electron chi connectivity index (χ1n) is 8.49. The standard InChI is InChI=1S/C20H19N3O4/c1-23-17(14-4-3-5-15(9-14)25-2)10-16(22-23)20(24)21-11-13-6-7-18-19(8-13)27-12-26-18/h3-10H,11-12H2,1-2H3,(H,21,24). The molecule has 3 aromatic rings. The van der Waals surface area contributed by atoms with Gasteiger partial charge in [0.25, 0.3) is 5.91 Å². The molecule has 138 valence electrons. The van der Waals surface area contributed by atoms with Crippen LogP contribution in [0.15, 0.2) is 48.5 Å². The van der Waals surface area contributed by atoms with E-state index in [9.17, 15) is 4.79 Å². The number of aryl methyl sites for hydroxylation is 1. The summed E-state index contributed by atoms with van der Waals surface area (Å²) in [4.78, 5) is 12.5. The molecule has 27 heavy (non-hydrogen) atoms. The average Bonchev–Trinajstić information content (AvgIpc) is 3.32. The molecule has 1 aliphatic heterocycles.